The van der Waals surface area contributed by atoms with Crippen molar-refractivity contribution in [3.63, 3.8) is 0 Å². The minimum atomic E-state index is -0.526. The van der Waals surface area contributed by atoms with Crippen LogP contribution in [0.3, 0.4) is 0 Å². The van der Waals surface area contributed by atoms with Gasteiger partial charge >= 0.3 is 11.9 Å². The third-order valence-corrected chi connectivity index (χ3v) is 3.58. The van der Waals surface area contributed by atoms with Crippen molar-refractivity contribution in [2.75, 3.05) is 6.54 Å². The molecular formula is C13H17NO5. The van der Waals surface area contributed by atoms with E-state index in [-0.39, 0.29) is 43.0 Å². The summed E-state index contributed by atoms with van der Waals surface area (Å²) in [6.45, 7) is 5.06. The average Bonchev–Trinajstić information content (AvgIpc) is 2.55. The van der Waals surface area contributed by atoms with Crippen LogP contribution in [0.1, 0.15) is 19.8 Å². The number of hydrogen-bond donors (Lipinski definition) is 1. The zero-order valence-electron chi connectivity index (χ0n) is 10.8. The second kappa shape index (κ2) is 5.42. The lowest BCUT2D eigenvalue weighted by Gasteiger charge is -2.30. The third kappa shape index (κ3) is 2.94. The predicted octanol–water partition coefficient (Wildman–Crippen LogP) is 0.172. The van der Waals surface area contributed by atoms with Crippen LogP contribution in [0.5, 0.6) is 0 Å². The normalized spacial score (nSPS) is 32.4. The molecule has 6 heteroatoms. The maximum atomic E-state index is 11.6. The standard InChI is InChI=1S/C13H17NO5/c1-3-9(15)14-6-11(17)19-13-8-4-7(2)12(13)18-10(16)5-8/h3,7-8,12-13H,1,4-6H2,2H3,(H,14,15). The summed E-state index contributed by atoms with van der Waals surface area (Å²) in [5.74, 6) is -0.963. The molecule has 4 unspecified atom stereocenters. The monoisotopic (exact) mass is 267 g/mol. The molecule has 4 atom stereocenters. The number of esters is 2. The Morgan fingerprint density at radius 1 is 1.58 bits per heavy atom. The average molecular weight is 267 g/mol. The van der Waals surface area contributed by atoms with Gasteiger partial charge in [-0.1, -0.05) is 13.5 Å². The number of fused-ring (bicyclic) bond motifs is 2. The van der Waals surface area contributed by atoms with Crippen LogP contribution in [0, 0.1) is 11.8 Å². The first-order valence-corrected chi connectivity index (χ1v) is 6.30. The molecule has 2 aliphatic rings. The van der Waals surface area contributed by atoms with Gasteiger partial charge in [0.15, 0.2) is 0 Å². The van der Waals surface area contributed by atoms with Gasteiger partial charge in [-0.3, -0.25) is 14.4 Å². The fraction of sp³-hybridized carbons (Fsp3) is 0.615. The molecule has 1 amide bonds. The van der Waals surface area contributed by atoms with E-state index in [4.69, 9.17) is 9.47 Å². The van der Waals surface area contributed by atoms with Gasteiger partial charge in [-0.25, -0.2) is 0 Å². The molecule has 0 aromatic rings. The molecule has 6 nitrogen and oxygen atoms in total. The van der Waals surface area contributed by atoms with Crippen molar-refractivity contribution in [3.8, 4) is 0 Å². The SMILES string of the molecule is C=CC(=O)NCC(=O)OC1C2CC(=O)OC1C(C)C2. The van der Waals surface area contributed by atoms with Crippen LogP contribution in [-0.2, 0) is 23.9 Å². The maximum absolute atomic E-state index is 11.6. The van der Waals surface area contributed by atoms with Gasteiger partial charge in [0, 0.05) is 5.92 Å². The van der Waals surface area contributed by atoms with Crippen molar-refractivity contribution in [1.82, 2.24) is 5.32 Å². The Labute approximate surface area is 111 Å². The molecule has 2 bridgehead atoms. The fourth-order valence-electron chi connectivity index (χ4n) is 2.72. The Morgan fingerprint density at radius 3 is 2.95 bits per heavy atom. The molecule has 19 heavy (non-hydrogen) atoms. The molecule has 0 aromatic carbocycles. The number of carbonyl (C=O) groups is 3. The van der Waals surface area contributed by atoms with Crippen molar-refractivity contribution >= 4 is 17.8 Å². The van der Waals surface area contributed by atoms with Gasteiger partial charge in [0.2, 0.25) is 5.91 Å². The van der Waals surface area contributed by atoms with E-state index in [2.05, 4.69) is 11.9 Å². The van der Waals surface area contributed by atoms with E-state index in [1.165, 1.54) is 0 Å². The molecule has 1 heterocycles. The Hall–Kier alpha value is -1.85. The van der Waals surface area contributed by atoms with Gasteiger partial charge in [-0.15, -0.1) is 0 Å². The van der Waals surface area contributed by atoms with Crippen LogP contribution < -0.4 is 5.32 Å². The summed E-state index contributed by atoms with van der Waals surface area (Å²) in [5.41, 5.74) is 0. The topological polar surface area (TPSA) is 81.7 Å². The highest BCUT2D eigenvalue weighted by Gasteiger charge is 2.50. The first kappa shape index (κ1) is 13.6. The minimum absolute atomic E-state index is 0.0281. The van der Waals surface area contributed by atoms with E-state index in [0.29, 0.717) is 0 Å². The van der Waals surface area contributed by atoms with Gasteiger partial charge in [0.05, 0.1) is 6.42 Å². The lowest BCUT2D eigenvalue weighted by Crippen LogP contribution is -2.43. The van der Waals surface area contributed by atoms with Crippen LogP contribution in [0.2, 0.25) is 0 Å². The van der Waals surface area contributed by atoms with E-state index >= 15 is 0 Å². The van der Waals surface area contributed by atoms with E-state index in [9.17, 15) is 14.4 Å². The Morgan fingerprint density at radius 2 is 2.32 bits per heavy atom. The van der Waals surface area contributed by atoms with Crippen molar-refractivity contribution in [1.29, 1.82) is 0 Å². The van der Waals surface area contributed by atoms with E-state index in [1.807, 2.05) is 6.92 Å². The van der Waals surface area contributed by atoms with E-state index in [1.54, 1.807) is 0 Å². The molecule has 1 aliphatic heterocycles. The molecule has 0 aromatic heterocycles. The Kier molecular flexibility index (Phi) is 3.87. The number of carbonyl (C=O) groups excluding carboxylic acids is 3. The summed E-state index contributed by atoms with van der Waals surface area (Å²) in [4.78, 5) is 33.9. The third-order valence-electron chi connectivity index (χ3n) is 3.58. The van der Waals surface area contributed by atoms with Crippen LogP contribution in [0.25, 0.3) is 0 Å². The zero-order valence-corrected chi connectivity index (χ0v) is 10.8. The molecule has 1 saturated carbocycles. The number of ether oxygens (including phenoxy) is 2. The summed E-state index contributed by atoms with van der Waals surface area (Å²) >= 11 is 0. The van der Waals surface area contributed by atoms with Crippen LogP contribution in [0.15, 0.2) is 12.7 Å². The van der Waals surface area contributed by atoms with Gasteiger partial charge in [0.25, 0.3) is 0 Å². The van der Waals surface area contributed by atoms with Gasteiger partial charge < -0.3 is 14.8 Å². The highest BCUT2D eigenvalue weighted by Crippen LogP contribution is 2.41. The van der Waals surface area contributed by atoms with Crippen molar-refractivity contribution in [2.24, 2.45) is 11.8 Å². The molecule has 2 rings (SSSR count). The maximum Gasteiger partial charge on any atom is 0.325 e. The smallest absolute Gasteiger partial charge is 0.325 e. The zero-order chi connectivity index (χ0) is 14.0. The van der Waals surface area contributed by atoms with Crippen molar-refractivity contribution in [3.05, 3.63) is 12.7 Å². The van der Waals surface area contributed by atoms with Crippen LogP contribution >= 0.6 is 0 Å². The second-order valence-electron chi connectivity index (χ2n) is 5.01. The molecule has 1 N–H and O–H groups in total. The number of hydrogen-bond acceptors (Lipinski definition) is 5. The Balaban J connectivity index is 1.89. The van der Waals surface area contributed by atoms with Crippen molar-refractivity contribution in [2.45, 2.75) is 32.0 Å². The molecule has 0 spiro atoms. The minimum Gasteiger partial charge on any atom is -0.458 e. The second-order valence-corrected chi connectivity index (χ2v) is 5.01. The fourth-order valence-corrected chi connectivity index (χ4v) is 2.72. The van der Waals surface area contributed by atoms with E-state index < -0.39 is 11.9 Å². The van der Waals surface area contributed by atoms with E-state index in [0.717, 1.165) is 12.5 Å². The molecule has 2 fully saturated rings. The van der Waals surface area contributed by atoms with Crippen LogP contribution in [-0.4, -0.2) is 36.6 Å². The molecule has 0 radical (unpaired) electrons. The van der Waals surface area contributed by atoms with Crippen LogP contribution in [0.4, 0.5) is 0 Å². The van der Waals surface area contributed by atoms with Gasteiger partial charge in [-0.05, 0) is 18.4 Å². The first-order chi connectivity index (χ1) is 9.01. The summed E-state index contributed by atoms with van der Waals surface area (Å²) < 4.78 is 10.6. The lowest BCUT2D eigenvalue weighted by atomic mass is 9.99. The van der Waals surface area contributed by atoms with Gasteiger partial charge in [-0.2, -0.15) is 0 Å². The number of nitrogens with one attached hydrogen (secondary N) is 1. The molecule has 1 aliphatic carbocycles. The summed E-state index contributed by atoms with van der Waals surface area (Å²) in [6, 6.07) is 0. The quantitative estimate of drug-likeness (QED) is 0.580. The molecule has 104 valence electrons. The van der Waals surface area contributed by atoms with Gasteiger partial charge in [0.1, 0.15) is 18.8 Å². The largest absolute Gasteiger partial charge is 0.458 e. The highest BCUT2D eigenvalue weighted by molar-refractivity contribution is 5.89. The molecular weight excluding hydrogens is 250 g/mol. The summed E-state index contributed by atoms with van der Waals surface area (Å²) in [5, 5.41) is 2.35. The summed E-state index contributed by atoms with van der Waals surface area (Å²) in [6.07, 6.45) is 1.44. The summed E-state index contributed by atoms with van der Waals surface area (Å²) in [7, 11) is 0. The number of amides is 1. The first-order valence-electron chi connectivity index (χ1n) is 6.30. The Bertz CT molecular complexity index is 419. The lowest BCUT2D eigenvalue weighted by molar-refractivity contribution is -0.178. The molecule has 1 saturated heterocycles. The number of rotatable bonds is 4. The predicted molar refractivity (Wildman–Crippen MR) is 64.9 cm³/mol. The van der Waals surface area contributed by atoms with Crippen molar-refractivity contribution < 1.29 is 23.9 Å². The highest BCUT2D eigenvalue weighted by atomic mass is 16.6.